The number of carbonyl (C=O) groups is 2. The number of carbonyl (C=O) groups excluding carboxylic acids is 2. The van der Waals surface area contributed by atoms with E-state index in [9.17, 15) is 18.0 Å². The summed E-state index contributed by atoms with van der Waals surface area (Å²) >= 11 is 13.0. The molecule has 10 nitrogen and oxygen atoms in total. The van der Waals surface area contributed by atoms with E-state index in [4.69, 9.17) is 37.4 Å². The summed E-state index contributed by atoms with van der Waals surface area (Å²) in [5.74, 6) is 0.0530. The minimum Gasteiger partial charge on any atom is -0.493 e. The number of pyridine rings is 1. The fourth-order valence-corrected chi connectivity index (χ4v) is 8.15. The third kappa shape index (κ3) is 7.43. The van der Waals surface area contributed by atoms with Crippen LogP contribution in [0.25, 0.3) is 0 Å². The zero-order valence-corrected chi connectivity index (χ0v) is 28.3. The van der Waals surface area contributed by atoms with Crippen molar-refractivity contribution in [3.05, 3.63) is 81.6 Å². The van der Waals surface area contributed by atoms with Gasteiger partial charge in [0.25, 0.3) is 5.91 Å². The van der Waals surface area contributed by atoms with E-state index in [1.54, 1.807) is 57.9 Å². The Balaban J connectivity index is 1.45. The second-order valence-electron chi connectivity index (χ2n) is 11.7. The van der Waals surface area contributed by atoms with Gasteiger partial charge in [-0.3, -0.25) is 9.59 Å². The summed E-state index contributed by atoms with van der Waals surface area (Å²) in [5, 5.41) is 0.725. The molecule has 1 saturated carbocycles. The molecular weight excluding hydrogens is 653 g/mol. The number of sulfonamides is 1. The van der Waals surface area contributed by atoms with Crippen LogP contribution in [-0.4, -0.2) is 69.4 Å². The summed E-state index contributed by atoms with van der Waals surface area (Å²) in [6.45, 7) is 0.132. The first-order valence-electron chi connectivity index (χ1n) is 15.2. The van der Waals surface area contributed by atoms with Gasteiger partial charge in [0.1, 0.15) is 22.2 Å². The number of methoxy groups -OCH3 is 1. The van der Waals surface area contributed by atoms with Gasteiger partial charge in [-0.1, -0.05) is 35.3 Å². The Morgan fingerprint density at radius 1 is 1.00 bits per heavy atom. The van der Waals surface area contributed by atoms with Crippen molar-refractivity contribution in [2.75, 3.05) is 27.7 Å². The van der Waals surface area contributed by atoms with E-state index in [0.717, 1.165) is 30.0 Å². The molecule has 1 saturated heterocycles. The number of ether oxygens (including phenoxy) is 3. The Bertz CT molecular complexity index is 1680. The first kappa shape index (κ1) is 34.0. The Morgan fingerprint density at radius 2 is 1.72 bits per heavy atom. The Morgan fingerprint density at radius 3 is 2.39 bits per heavy atom. The molecule has 1 aliphatic carbocycles. The van der Waals surface area contributed by atoms with Crippen molar-refractivity contribution >= 4 is 45.1 Å². The van der Waals surface area contributed by atoms with Crippen molar-refractivity contribution in [3.8, 4) is 11.5 Å². The molecule has 1 unspecified atom stereocenters. The quantitative estimate of drug-likeness (QED) is 0.243. The highest BCUT2D eigenvalue weighted by molar-refractivity contribution is 7.89. The van der Waals surface area contributed by atoms with E-state index in [2.05, 4.69) is 4.98 Å². The molecule has 2 aromatic carbocycles. The standard InChI is InChI=1S/C33H37Cl2N3O7S/c1-37(2)32(39)22-8-6-11-24(16-22)46(41,42)38-15-7-12-28(38)33(40)45-30(18-25-26(34)19-36-20-27(25)35)21-13-14-29(43-3)31(17-21)44-23-9-4-5-10-23/h6,8,11,13-14,16-17,19-20,23,28,30H,4-5,7,9-10,12,15,18H2,1-3H3/p+1/t28-,30?/m0/s1. The molecule has 0 spiro atoms. The van der Waals surface area contributed by atoms with Gasteiger partial charge in [-0.2, -0.15) is 4.31 Å². The highest BCUT2D eigenvalue weighted by Gasteiger charge is 2.41. The van der Waals surface area contributed by atoms with Crippen LogP contribution in [0.4, 0.5) is 0 Å². The van der Waals surface area contributed by atoms with Crippen LogP contribution >= 0.6 is 23.2 Å². The van der Waals surface area contributed by atoms with Crippen LogP contribution in [0.15, 0.2) is 59.8 Å². The van der Waals surface area contributed by atoms with Gasteiger partial charge in [-0.15, -0.1) is 0 Å². The molecule has 1 N–H and O–H groups in total. The largest absolute Gasteiger partial charge is 0.493 e. The number of rotatable bonds is 11. The normalized spacial score (nSPS) is 17.9. The minimum atomic E-state index is -4.14. The molecule has 2 fully saturated rings. The molecule has 2 aliphatic rings. The summed E-state index contributed by atoms with van der Waals surface area (Å²) in [4.78, 5) is 30.6. The maximum atomic E-state index is 13.9. The van der Waals surface area contributed by atoms with Gasteiger partial charge in [0.2, 0.25) is 10.0 Å². The lowest BCUT2D eigenvalue weighted by molar-refractivity contribution is -0.377. The lowest BCUT2D eigenvalue weighted by atomic mass is 10.0. The number of halogens is 2. The maximum Gasteiger partial charge on any atom is 0.325 e. The summed E-state index contributed by atoms with van der Waals surface area (Å²) in [7, 11) is 0.608. The molecule has 0 bridgehead atoms. The van der Waals surface area contributed by atoms with E-state index in [0.29, 0.717) is 39.1 Å². The van der Waals surface area contributed by atoms with Crippen LogP contribution in [-0.2, 0) is 26.0 Å². The number of nitrogens with zero attached hydrogens (tertiary/aromatic N) is 2. The van der Waals surface area contributed by atoms with E-state index in [1.165, 1.54) is 23.1 Å². The molecule has 5 rings (SSSR count). The maximum absolute atomic E-state index is 13.9. The van der Waals surface area contributed by atoms with Crippen molar-refractivity contribution in [2.24, 2.45) is 0 Å². The number of benzene rings is 2. The highest BCUT2D eigenvalue weighted by atomic mass is 35.5. The number of amides is 1. The van der Waals surface area contributed by atoms with Crippen LogP contribution in [0.1, 0.15) is 66.1 Å². The summed E-state index contributed by atoms with van der Waals surface area (Å²) in [5.41, 5.74) is 1.41. The van der Waals surface area contributed by atoms with E-state index < -0.39 is 28.1 Å². The molecule has 246 valence electrons. The number of aromatic amines is 1. The van der Waals surface area contributed by atoms with Crippen molar-refractivity contribution < 1.29 is 37.2 Å². The number of hydrogen-bond acceptors (Lipinski definition) is 7. The van der Waals surface area contributed by atoms with Gasteiger partial charge >= 0.3 is 5.97 Å². The second-order valence-corrected chi connectivity index (χ2v) is 14.4. The predicted molar refractivity (Wildman–Crippen MR) is 173 cm³/mol. The third-order valence-electron chi connectivity index (χ3n) is 8.37. The van der Waals surface area contributed by atoms with Crippen LogP contribution < -0.4 is 14.5 Å². The molecule has 3 aromatic rings. The molecule has 2 heterocycles. The fraction of sp³-hybridized carbons (Fsp3) is 0.424. The molecular formula is C33H38Cl2N3O7S+. The monoisotopic (exact) mass is 690 g/mol. The third-order valence-corrected chi connectivity index (χ3v) is 10.9. The van der Waals surface area contributed by atoms with Gasteiger partial charge in [-0.05, 0) is 74.4 Å². The number of aromatic nitrogens is 1. The number of H-pyrrole nitrogens is 1. The van der Waals surface area contributed by atoms with Crippen LogP contribution in [0, 0.1) is 0 Å². The first-order valence-corrected chi connectivity index (χ1v) is 17.4. The summed E-state index contributed by atoms with van der Waals surface area (Å²) < 4.78 is 46.9. The minimum absolute atomic E-state index is 0.0578. The second kappa shape index (κ2) is 14.6. The van der Waals surface area contributed by atoms with Gasteiger partial charge in [0, 0.05) is 38.2 Å². The average Bonchev–Trinajstić information content (AvgIpc) is 3.75. The first-order chi connectivity index (χ1) is 22.0. The zero-order valence-electron chi connectivity index (χ0n) is 26.0. The smallest absolute Gasteiger partial charge is 0.325 e. The Kier molecular flexibility index (Phi) is 10.8. The van der Waals surface area contributed by atoms with Crippen molar-refractivity contribution in [2.45, 2.75) is 68.1 Å². The lowest BCUT2D eigenvalue weighted by Crippen LogP contribution is -2.42. The van der Waals surface area contributed by atoms with E-state index in [-0.39, 0.29) is 41.9 Å². The fourth-order valence-electron chi connectivity index (χ4n) is 5.92. The van der Waals surface area contributed by atoms with Crippen molar-refractivity contribution in [1.82, 2.24) is 9.21 Å². The van der Waals surface area contributed by atoms with Gasteiger partial charge in [-0.25, -0.2) is 13.4 Å². The Labute approximate surface area is 279 Å². The molecule has 1 amide bonds. The zero-order chi connectivity index (χ0) is 33.0. The lowest BCUT2D eigenvalue weighted by Gasteiger charge is -2.26. The molecule has 13 heteroatoms. The molecule has 2 atom stereocenters. The van der Waals surface area contributed by atoms with Crippen LogP contribution in [0.2, 0.25) is 10.0 Å². The summed E-state index contributed by atoms with van der Waals surface area (Å²) in [6.07, 6.45) is 7.28. The topological polar surface area (TPSA) is 117 Å². The average molecular weight is 692 g/mol. The van der Waals surface area contributed by atoms with E-state index in [1.807, 2.05) is 0 Å². The number of esters is 1. The van der Waals surface area contributed by atoms with Gasteiger partial charge < -0.3 is 19.1 Å². The SMILES string of the molecule is COc1ccc(C(Cc2c(Cl)c[nH+]cc2Cl)OC(=O)[C@@H]2CCCN2S(=O)(=O)c2cccc(C(=O)N(C)C)c2)cc1OC1CCCC1. The van der Waals surface area contributed by atoms with Gasteiger partial charge in [0.15, 0.2) is 23.9 Å². The predicted octanol–water partition coefficient (Wildman–Crippen LogP) is 5.52. The number of hydrogen-bond donors (Lipinski definition) is 0. The molecule has 1 aromatic heterocycles. The molecule has 1 aliphatic heterocycles. The van der Waals surface area contributed by atoms with Crippen molar-refractivity contribution in [1.29, 1.82) is 0 Å². The van der Waals surface area contributed by atoms with Crippen molar-refractivity contribution in [3.63, 3.8) is 0 Å². The van der Waals surface area contributed by atoms with Crippen LogP contribution in [0.3, 0.4) is 0 Å². The van der Waals surface area contributed by atoms with Gasteiger partial charge in [0.05, 0.1) is 18.1 Å². The van der Waals surface area contributed by atoms with E-state index >= 15 is 0 Å². The molecule has 46 heavy (non-hydrogen) atoms. The Hall–Kier alpha value is -3.38. The summed E-state index contributed by atoms with van der Waals surface area (Å²) in [6, 6.07) is 10.1. The number of nitrogens with one attached hydrogen (secondary N) is 1. The van der Waals surface area contributed by atoms with Crippen LogP contribution in [0.5, 0.6) is 11.5 Å². The molecule has 0 radical (unpaired) electrons. The highest BCUT2D eigenvalue weighted by Crippen LogP contribution is 2.38.